The predicted molar refractivity (Wildman–Crippen MR) is 77.4 cm³/mol. The quantitative estimate of drug-likeness (QED) is 0.878. The van der Waals surface area contributed by atoms with Crippen molar-refractivity contribution in [3.63, 3.8) is 0 Å². The van der Waals surface area contributed by atoms with Crippen LogP contribution in [0.2, 0.25) is 0 Å². The molecular weight excluding hydrogens is 252 g/mol. The monoisotopic (exact) mass is 272 g/mol. The molecule has 1 aromatic heterocycles. The molecule has 0 aliphatic heterocycles. The van der Waals surface area contributed by atoms with Crippen molar-refractivity contribution in [2.75, 3.05) is 0 Å². The summed E-state index contributed by atoms with van der Waals surface area (Å²) in [6, 6.07) is 7.93. The van der Waals surface area contributed by atoms with Crippen molar-refractivity contribution in [2.24, 2.45) is 0 Å². The van der Waals surface area contributed by atoms with Gasteiger partial charge in [-0.05, 0) is 31.4 Å². The SMILES string of the molecule is CCCc1nc(C(=O)NC(C)c2ccccc2C)n[nH]1. The van der Waals surface area contributed by atoms with E-state index in [9.17, 15) is 4.79 Å². The number of rotatable bonds is 5. The summed E-state index contributed by atoms with van der Waals surface area (Å²) >= 11 is 0. The molecule has 20 heavy (non-hydrogen) atoms. The molecule has 5 nitrogen and oxygen atoms in total. The highest BCUT2D eigenvalue weighted by Gasteiger charge is 2.16. The summed E-state index contributed by atoms with van der Waals surface area (Å²) in [5, 5.41) is 9.67. The van der Waals surface area contributed by atoms with Gasteiger partial charge < -0.3 is 5.32 Å². The average molecular weight is 272 g/mol. The van der Waals surface area contributed by atoms with E-state index in [1.54, 1.807) is 0 Å². The van der Waals surface area contributed by atoms with Gasteiger partial charge in [0.15, 0.2) is 0 Å². The van der Waals surface area contributed by atoms with Gasteiger partial charge >= 0.3 is 0 Å². The maximum atomic E-state index is 12.1. The van der Waals surface area contributed by atoms with Crippen molar-refractivity contribution in [3.05, 3.63) is 47.0 Å². The number of nitrogens with one attached hydrogen (secondary N) is 2. The van der Waals surface area contributed by atoms with Gasteiger partial charge in [-0.3, -0.25) is 9.89 Å². The van der Waals surface area contributed by atoms with Gasteiger partial charge in [0.05, 0.1) is 6.04 Å². The second kappa shape index (κ2) is 6.32. The van der Waals surface area contributed by atoms with E-state index in [-0.39, 0.29) is 17.8 Å². The van der Waals surface area contributed by atoms with Gasteiger partial charge in [0.1, 0.15) is 5.82 Å². The van der Waals surface area contributed by atoms with E-state index in [4.69, 9.17) is 0 Å². The summed E-state index contributed by atoms with van der Waals surface area (Å²) in [6.07, 6.45) is 1.77. The van der Waals surface area contributed by atoms with Crippen molar-refractivity contribution in [2.45, 2.75) is 39.7 Å². The number of aromatic amines is 1. The van der Waals surface area contributed by atoms with E-state index in [2.05, 4.69) is 27.4 Å². The van der Waals surface area contributed by atoms with Crippen LogP contribution in [0.1, 0.15) is 53.9 Å². The minimum Gasteiger partial charge on any atom is -0.343 e. The van der Waals surface area contributed by atoms with Gasteiger partial charge in [0.2, 0.25) is 5.82 Å². The lowest BCUT2D eigenvalue weighted by atomic mass is 10.0. The molecule has 1 unspecified atom stereocenters. The molecule has 2 aromatic rings. The first kappa shape index (κ1) is 14.2. The number of benzene rings is 1. The summed E-state index contributed by atoms with van der Waals surface area (Å²) in [5.41, 5.74) is 2.26. The summed E-state index contributed by atoms with van der Waals surface area (Å²) in [4.78, 5) is 16.3. The molecule has 2 rings (SSSR count). The Morgan fingerprint density at radius 1 is 1.40 bits per heavy atom. The molecule has 0 spiro atoms. The Morgan fingerprint density at radius 3 is 2.85 bits per heavy atom. The molecule has 1 atom stereocenters. The average Bonchev–Trinajstić information content (AvgIpc) is 2.88. The van der Waals surface area contributed by atoms with Gasteiger partial charge in [-0.1, -0.05) is 31.2 Å². The van der Waals surface area contributed by atoms with Crippen molar-refractivity contribution < 1.29 is 4.79 Å². The van der Waals surface area contributed by atoms with Crippen LogP contribution in [-0.4, -0.2) is 21.1 Å². The molecule has 0 radical (unpaired) electrons. The number of nitrogens with zero attached hydrogens (tertiary/aromatic N) is 2. The second-order valence-corrected chi connectivity index (χ2v) is 4.91. The number of amides is 1. The Morgan fingerprint density at radius 2 is 2.15 bits per heavy atom. The second-order valence-electron chi connectivity index (χ2n) is 4.91. The Bertz CT molecular complexity index is 591. The lowest BCUT2D eigenvalue weighted by Crippen LogP contribution is -2.28. The first-order valence-electron chi connectivity index (χ1n) is 6.89. The summed E-state index contributed by atoms with van der Waals surface area (Å²) < 4.78 is 0. The van der Waals surface area contributed by atoms with Gasteiger partial charge in [0, 0.05) is 6.42 Å². The van der Waals surface area contributed by atoms with Crippen LogP contribution in [0.5, 0.6) is 0 Å². The van der Waals surface area contributed by atoms with Crippen LogP contribution in [0, 0.1) is 6.92 Å². The molecular formula is C15H20N4O. The lowest BCUT2D eigenvalue weighted by Gasteiger charge is -2.15. The van der Waals surface area contributed by atoms with Gasteiger partial charge in [-0.25, -0.2) is 4.98 Å². The molecule has 1 amide bonds. The fourth-order valence-corrected chi connectivity index (χ4v) is 2.16. The number of aryl methyl sites for hydroxylation is 2. The topological polar surface area (TPSA) is 70.7 Å². The summed E-state index contributed by atoms with van der Waals surface area (Å²) in [5.74, 6) is 0.703. The third-order valence-electron chi connectivity index (χ3n) is 3.22. The van der Waals surface area contributed by atoms with Crippen molar-refractivity contribution in [1.29, 1.82) is 0 Å². The zero-order valence-electron chi connectivity index (χ0n) is 12.1. The summed E-state index contributed by atoms with van der Waals surface area (Å²) in [7, 11) is 0. The third kappa shape index (κ3) is 3.23. The van der Waals surface area contributed by atoms with Crippen molar-refractivity contribution in [1.82, 2.24) is 20.5 Å². The summed E-state index contributed by atoms with van der Waals surface area (Å²) in [6.45, 7) is 6.05. The highest BCUT2D eigenvalue weighted by molar-refractivity contribution is 5.90. The van der Waals surface area contributed by atoms with Crippen LogP contribution >= 0.6 is 0 Å². The Kier molecular flexibility index (Phi) is 4.50. The number of hydrogen-bond donors (Lipinski definition) is 2. The fourth-order valence-electron chi connectivity index (χ4n) is 2.16. The lowest BCUT2D eigenvalue weighted by molar-refractivity contribution is 0.0929. The normalized spacial score (nSPS) is 12.2. The number of hydrogen-bond acceptors (Lipinski definition) is 3. The first-order chi connectivity index (χ1) is 9.61. The Hall–Kier alpha value is -2.17. The van der Waals surface area contributed by atoms with Gasteiger partial charge in [0.25, 0.3) is 5.91 Å². The number of aromatic nitrogens is 3. The van der Waals surface area contributed by atoms with Crippen LogP contribution in [0.25, 0.3) is 0 Å². The van der Waals surface area contributed by atoms with Gasteiger partial charge in [-0.15, -0.1) is 5.10 Å². The molecule has 0 fully saturated rings. The van der Waals surface area contributed by atoms with E-state index < -0.39 is 0 Å². The van der Waals surface area contributed by atoms with Crippen LogP contribution in [-0.2, 0) is 6.42 Å². The number of H-pyrrole nitrogens is 1. The van der Waals surface area contributed by atoms with Crippen LogP contribution in [0.4, 0.5) is 0 Å². The smallest absolute Gasteiger partial charge is 0.291 e. The van der Waals surface area contributed by atoms with E-state index in [0.29, 0.717) is 0 Å². The molecule has 0 aliphatic rings. The van der Waals surface area contributed by atoms with Crippen molar-refractivity contribution >= 4 is 5.91 Å². The minimum atomic E-state index is -0.251. The molecule has 0 aliphatic carbocycles. The van der Waals surface area contributed by atoms with Crippen LogP contribution in [0.3, 0.4) is 0 Å². The number of carbonyl (C=O) groups is 1. The zero-order valence-corrected chi connectivity index (χ0v) is 12.1. The van der Waals surface area contributed by atoms with Crippen molar-refractivity contribution in [3.8, 4) is 0 Å². The number of carbonyl (C=O) groups excluding carboxylic acids is 1. The Balaban J connectivity index is 2.05. The molecule has 0 saturated carbocycles. The fraction of sp³-hybridized carbons (Fsp3) is 0.400. The van der Waals surface area contributed by atoms with E-state index in [1.807, 2.05) is 38.1 Å². The van der Waals surface area contributed by atoms with E-state index in [0.717, 1.165) is 29.8 Å². The minimum absolute atomic E-state index is 0.0724. The molecule has 2 N–H and O–H groups in total. The maximum Gasteiger partial charge on any atom is 0.291 e. The van der Waals surface area contributed by atoms with Gasteiger partial charge in [-0.2, -0.15) is 0 Å². The van der Waals surface area contributed by atoms with Crippen LogP contribution in [0.15, 0.2) is 24.3 Å². The molecule has 0 saturated heterocycles. The highest BCUT2D eigenvalue weighted by Crippen LogP contribution is 2.16. The third-order valence-corrected chi connectivity index (χ3v) is 3.22. The Labute approximate surface area is 118 Å². The van der Waals surface area contributed by atoms with E-state index in [1.165, 1.54) is 0 Å². The molecule has 1 aromatic carbocycles. The first-order valence-corrected chi connectivity index (χ1v) is 6.89. The highest BCUT2D eigenvalue weighted by atomic mass is 16.2. The standard InChI is InChI=1S/C15H20N4O/c1-4-7-13-17-14(19-18-13)15(20)16-11(3)12-9-6-5-8-10(12)2/h5-6,8-9,11H,4,7H2,1-3H3,(H,16,20)(H,17,18,19). The molecule has 0 bridgehead atoms. The largest absolute Gasteiger partial charge is 0.343 e. The van der Waals surface area contributed by atoms with E-state index >= 15 is 0 Å². The van der Waals surface area contributed by atoms with Crippen LogP contribution < -0.4 is 5.32 Å². The molecule has 1 heterocycles. The molecule has 106 valence electrons. The molecule has 5 heteroatoms. The predicted octanol–water partition coefficient (Wildman–Crippen LogP) is 2.56. The maximum absolute atomic E-state index is 12.1. The zero-order chi connectivity index (χ0) is 14.5.